The average Bonchev–Trinajstić information content (AvgIpc) is 2.67. The molecule has 1 heterocycles. The molecule has 0 aliphatic rings. The molecule has 1 unspecified atom stereocenters. The Morgan fingerprint density at radius 1 is 1.13 bits per heavy atom. The van der Waals surface area contributed by atoms with Crippen molar-refractivity contribution in [1.82, 2.24) is 0 Å². The molecule has 0 bridgehead atoms. The van der Waals surface area contributed by atoms with Crippen LogP contribution in [0.1, 0.15) is 11.8 Å². The number of benzene rings is 1. The maximum Gasteiger partial charge on any atom is 0.0345 e. The summed E-state index contributed by atoms with van der Waals surface area (Å²) in [6, 6.07) is 15.1. The molecule has 0 aliphatic heterocycles. The van der Waals surface area contributed by atoms with Gasteiger partial charge in [-0.05, 0) is 31.0 Å². The van der Waals surface area contributed by atoms with Crippen LogP contribution < -0.4 is 5.73 Å². The Kier molecular flexibility index (Phi) is 3.19. The summed E-state index contributed by atoms with van der Waals surface area (Å²) in [5, 5.41) is 0. The number of nitrogens with two attached hydrogens (primary N) is 1. The molecule has 0 radical (unpaired) electrons. The Morgan fingerprint density at radius 2 is 1.87 bits per heavy atom. The van der Waals surface area contributed by atoms with Gasteiger partial charge in [0.15, 0.2) is 0 Å². The van der Waals surface area contributed by atoms with Crippen molar-refractivity contribution in [3.8, 4) is 10.4 Å². The Labute approximate surface area is 94.6 Å². The van der Waals surface area contributed by atoms with Gasteiger partial charge in [-0.2, -0.15) is 0 Å². The second-order valence-corrected chi connectivity index (χ2v) is 4.98. The van der Waals surface area contributed by atoms with Crippen LogP contribution in [0.2, 0.25) is 0 Å². The van der Waals surface area contributed by atoms with E-state index in [-0.39, 0.29) is 6.04 Å². The highest BCUT2D eigenvalue weighted by Gasteiger charge is 2.03. The smallest absolute Gasteiger partial charge is 0.0345 e. The zero-order chi connectivity index (χ0) is 10.7. The van der Waals surface area contributed by atoms with Crippen LogP contribution in [0.3, 0.4) is 0 Å². The Morgan fingerprint density at radius 3 is 2.53 bits per heavy atom. The summed E-state index contributed by atoms with van der Waals surface area (Å²) >= 11 is 1.83. The van der Waals surface area contributed by atoms with Gasteiger partial charge in [0.25, 0.3) is 0 Å². The molecule has 0 amide bonds. The highest BCUT2D eigenvalue weighted by Crippen LogP contribution is 2.28. The molecular formula is C13H15NS. The van der Waals surface area contributed by atoms with Gasteiger partial charge in [0.2, 0.25) is 0 Å². The fourth-order valence-corrected chi connectivity index (χ4v) is 2.72. The first kappa shape index (κ1) is 10.4. The summed E-state index contributed by atoms with van der Waals surface area (Å²) in [6.07, 6.45) is 0.970. The van der Waals surface area contributed by atoms with Crippen LogP contribution in [-0.2, 0) is 6.42 Å². The summed E-state index contributed by atoms with van der Waals surface area (Å²) < 4.78 is 0. The number of thiophene rings is 1. The molecule has 2 N–H and O–H groups in total. The van der Waals surface area contributed by atoms with Gasteiger partial charge in [0, 0.05) is 15.8 Å². The molecule has 0 spiro atoms. The molecule has 2 rings (SSSR count). The minimum atomic E-state index is 0.243. The van der Waals surface area contributed by atoms with Crippen molar-refractivity contribution in [3.63, 3.8) is 0 Å². The molecule has 1 aromatic heterocycles. The first-order chi connectivity index (χ1) is 7.25. The molecule has 0 fully saturated rings. The van der Waals surface area contributed by atoms with Gasteiger partial charge in [-0.15, -0.1) is 11.3 Å². The van der Waals surface area contributed by atoms with Crippen molar-refractivity contribution in [2.75, 3.05) is 0 Å². The maximum absolute atomic E-state index is 5.78. The van der Waals surface area contributed by atoms with Crippen LogP contribution in [0, 0.1) is 0 Å². The van der Waals surface area contributed by atoms with E-state index in [1.165, 1.54) is 15.3 Å². The molecule has 2 heteroatoms. The molecule has 0 saturated carbocycles. The average molecular weight is 217 g/mol. The van der Waals surface area contributed by atoms with Crippen LogP contribution in [0.25, 0.3) is 10.4 Å². The molecule has 1 aromatic carbocycles. The van der Waals surface area contributed by atoms with Gasteiger partial charge < -0.3 is 5.73 Å². The van der Waals surface area contributed by atoms with Crippen LogP contribution in [0.15, 0.2) is 42.5 Å². The predicted molar refractivity (Wildman–Crippen MR) is 67.1 cm³/mol. The lowest BCUT2D eigenvalue weighted by molar-refractivity contribution is 0.746. The van der Waals surface area contributed by atoms with Gasteiger partial charge in [0.05, 0.1) is 0 Å². The maximum atomic E-state index is 5.78. The third-order valence-corrected chi connectivity index (χ3v) is 3.40. The molecular weight excluding hydrogens is 202 g/mol. The highest BCUT2D eigenvalue weighted by molar-refractivity contribution is 7.15. The second kappa shape index (κ2) is 4.60. The van der Waals surface area contributed by atoms with Gasteiger partial charge in [-0.25, -0.2) is 0 Å². The topological polar surface area (TPSA) is 26.0 Å². The van der Waals surface area contributed by atoms with Crippen LogP contribution in [0.5, 0.6) is 0 Å². The van der Waals surface area contributed by atoms with E-state index in [0.717, 1.165) is 6.42 Å². The predicted octanol–water partition coefficient (Wildman–Crippen LogP) is 3.30. The van der Waals surface area contributed by atoms with Gasteiger partial charge in [-0.3, -0.25) is 0 Å². The van der Waals surface area contributed by atoms with E-state index in [4.69, 9.17) is 5.73 Å². The monoisotopic (exact) mass is 217 g/mol. The SMILES string of the molecule is CC(N)Cc1ccc(-c2ccccc2)s1. The molecule has 1 nitrogen and oxygen atoms in total. The zero-order valence-corrected chi connectivity index (χ0v) is 9.63. The Hall–Kier alpha value is -1.12. The fourth-order valence-electron chi connectivity index (χ4n) is 1.56. The lowest BCUT2D eigenvalue weighted by atomic mass is 10.2. The molecule has 15 heavy (non-hydrogen) atoms. The summed E-state index contributed by atoms with van der Waals surface area (Å²) in [7, 11) is 0. The largest absolute Gasteiger partial charge is 0.328 e. The van der Waals surface area contributed by atoms with Crippen molar-refractivity contribution < 1.29 is 0 Å². The lowest BCUT2D eigenvalue weighted by Crippen LogP contribution is -2.16. The van der Waals surface area contributed by atoms with E-state index in [1.54, 1.807) is 0 Å². The number of rotatable bonds is 3. The quantitative estimate of drug-likeness (QED) is 0.838. The number of hydrogen-bond acceptors (Lipinski definition) is 2. The molecule has 78 valence electrons. The standard InChI is InChI=1S/C13H15NS/c1-10(14)9-12-7-8-13(15-12)11-5-3-2-4-6-11/h2-8,10H,9,14H2,1H3. The van der Waals surface area contributed by atoms with E-state index in [1.807, 2.05) is 24.3 Å². The van der Waals surface area contributed by atoms with Crippen LogP contribution in [-0.4, -0.2) is 6.04 Å². The second-order valence-electron chi connectivity index (χ2n) is 3.81. The number of hydrogen-bond donors (Lipinski definition) is 1. The summed E-state index contributed by atoms with van der Waals surface area (Å²) in [4.78, 5) is 2.69. The van der Waals surface area contributed by atoms with E-state index in [2.05, 4.69) is 36.4 Å². The summed E-state index contributed by atoms with van der Waals surface area (Å²) in [5.41, 5.74) is 7.07. The van der Waals surface area contributed by atoms with Gasteiger partial charge >= 0.3 is 0 Å². The minimum absolute atomic E-state index is 0.243. The van der Waals surface area contributed by atoms with Crippen molar-refractivity contribution in [2.24, 2.45) is 5.73 Å². The molecule has 0 saturated heterocycles. The van der Waals surface area contributed by atoms with E-state index in [0.29, 0.717) is 0 Å². The Bertz CT molecular complexity index is 417. The molecule has 2 aromatic rings. The van der Waals surface area contributed by atoms with E-state index in [9.17, 15) is 0 Å². The van der Waals surface area contributed by atoms with Gasteiger partial charge in [0.1, 0.15) is 0 Å². The van der Waals surface area contributed by atoms with Crippen LogP contribution >= 0.6 is 11.3 Å². The summed E-state index contributed by atoms with van der Waals surface area (Å²) in [5.74, 6) is 0. The van der Waals surface area contributed by atoms with Gasteiger partial charge in [-0.1, -0.05) is 30.3 Å². The zero-order valence-electron chi connectivity index (χ0n) is 8.81. The third kappa shape index (κ3) is 2.67. The first-order valence-corrected chi connectivity index (χ1v) is 5.97. The van der Waals surface area contributed by atoms with Crippen LogP contribution in [0.4, 0.5) is 0 Å². The Balaban J connectivity index is 2.21. The molecule has 0 aliphatic carbocycles. The van der Waals surface area contributed by atoms with E-state index < -0.39 is 0 Å². The first-order valence-electron chi connectivity index (χ1n) is 5.15. The minimum Gasteiger partial charge on any atom is -0.328 e. The third-order valence-electron chi connectivity index (χ3n) is 2.24. The fraction of sp³-hybridized carbons (Fsp3) is 0.231. The van der Waals surface area contributed by atoms with Crippen molar-refractivity contribution in [2.45, 2.75) is 19.4 Å². The van der Waals surface area contributed by atoms with Crippen molar-refractivity contribution in [3.05, 3.63) is 47.3 Å². The summed E-state index contributed by atoms with van der Waals surface area (Å²) in [6.45, 7) is 2.04. The lowest BCUT2D eigenvalue weighted by Gasteiger charge is -2.00. The van der Waals surface area contributed by atoms with Crippen molar-refractivity contribution >= 4 is 11.3 Å². The van der Waals surface area contributed by atoms with Crippen molar-refractivity contribution in [1.29, 1.82) is 0 Å². The highest BCUT2D eigenvalue weighted by atomic mass is 32.1. The normalized spacial score (nSPS) is 12.7. The molecule has 1 atom stereocenters. The van der Waals surface area contributed by atoms with E-state index >= 15 is 0 Å².